The molecule has 3 aromatic carbocycles. The van der Waals surface area contributed by atoms with E-state index >= 15 is 0 Å². The molecule has 8 heteroatoms. The SMILES string of the molecule is N=c1n(Cc2ccccc2)c2ccccc2n1CC(O)COc1ccc(C(F)(F)F)cc1. The fraction of sp³-hybridized carbons (Fsp3) is 0.208. The summed E-state index contributed by atoms with van der Waals surface area (Å²) in [7, 11) is 0. The number of fused-ring (bicyclic) bond motifs is 1. The van der Waals surface area contributed by atoms with E-state index in [1.165, 1.54) is 12.1 Å². The Hall–Kier alpha value is -3.52. The van der Waals surface area contributed by atoms with Gasteiger partial charge in [0.2, 0.25) is 5.62 Å². The van der Waals surface area contributed by atoms with E-state index in [9.17, 15) is 18.3 Å². The molecular weight excluding hydrogens is 419 g/mol. The summed E-state index contributed by atoms with van der Waals surface area (Å²) in [5.74, 6) is 0.236. The van der Waals surface area contributed by atoms with E-state index in [1.54, 1.807) is 4.57 Å². The number of aliphatic hydroxyl groups is 1. The third kappa shape index (κ3) is 4.70. The number of hydrogen-bond donors (Lipinski definition) is 2. The number of nitrogens with zero attached hydrogens (tertiary/aromatic N) is 2. The van der Waals surface area contributed by atoms with Crippen LogP contribution in [0.4, 0.5) is 13.2 Å². The van der Waals surface area contributed by atoms with Crippen LogP contribution in [0, 0.1) is 5.41 Å². The average molecular weight is 441 g/mol. The predicted molar refractivity (Wildman–Crippen MR) is 114 cm³/mol. The third-order valence-corrected chi connectivity index (χ3v) is 5.18. The number of alkyl halides is 3. The number of aromatic nitrogens is 2. The van der Waals surface area contributed by atoms with Crippen molar-refractivity contribution in [3.05, 3.63) is 95.6 Å². The fourth-order valence-electron chi connectivity index (χ4n) is 3.60. The molecule has 0 fully saturated rings. The lowest BCUT2D eigenvalue weighted by atomic mass is 10.2. The summed E-state index contributed by atoms with van der Waals surface area (Å²) >= 11 is 0. The van der Waals surface area contributed by atoms with Crippen LogP contribution in [0.2, 0.25) is 0 Å². The van der Waals surface area contributed by atoms with Gasteiger partial charge in [0.15, 0.2) is 0 Å². The van der Waals surface area contributed by atoms with Gasteiger partial charge >= 0.3 is 6.18 Å². The maximum atomic E-state index is 12.7. The van der Waals surface area contributed by atoms with Gasteiger partial charge < -0.3 is 19.0 Å². The second kappa shape index (κ2) is 8.92. The van der Waals surface area contributed by atoms with E-state index in [1.807, 2.05) is 59.2 Å². The zero-order chi connectivity index (χ0) is 22.7. The molecule has 0 aliphatic rings. The van der Waals surface area contributed by atoms with Crippen LogP contribution in [0.3, 0.4) is 0 Å². The maximum Gasteiger partial charge on any atom is 0.416 e. The zero-order valence-corrected chi connectivity index (χ0v) is 17.1. The summed E-state index contributed by atoms with van der Waals surface area (Å²) in [4.78, 5) is 0. The molecule has 1 heterocycles. The average Bonchev–Trinajstić information content (AvgIpc) is 3.04. The Morgan fingerprint density at radius 1 is 0.844 bits per heavy atom. The summed E-state index contributed by atoms with van der Waals surface area (Å²) in [6.45, 7) is 0.517. The number of halogens is 3. The van der Waals surface area contributed by atoms with Crippen LogP contribution >= 0.6 is 0 Å². The summed E-state index contributed by atoms with van der Waals surface area (Å²) in [5, 5.41) is 19.2. The van der Waals surface area contributed by atoms with Crippen molar-refractivity contribution in [3.63, 3.8) is 0 Å². The molecule has 1 atom stereocenters. The highest BCUT2D eigenvalue weighted by Gasteiger charge is 2.30. The molecule has 0 aliphatic heterocycles. The number of benzene rings is 3. The van der Waals surface area contributed by atoms with E-state index in [4.69, 9.17) is 10.1 Å². The lowest BCUT2D eigenvalue weighted by Gasteiger charge is -2.14. The van der Waals surface area contributed by atoms with Gasteiger partial charge in [-0.05, 0) is 42.0 Å². The van der Waals surface area contributed by atoms with Gasteiger partial charge in [-0.1, -0.05) is 42.5 Å². The highest BCUT2D eigenvalue weighted by atomic mass is 19.4. The van der Waals surface area contributed by atoms with Crippen LogP contribution in [0.25, 0.3) is 11.0 Å². The first-order valence-electron chi connectivity index (χ1n) is 10.1. The standard InChI is InChI=1S/C24H22F3N3O2/c25-24(26,27)18-10-12-20(13-11-18)32-16-19(31)15-30-22-9-5-4-8-21(22)29(23(30)28)14-17-6-2-1-3-7-17/h1-13,19,28,31H,14-16H2. The van der Waals surface area contributed by atoms with Crippen molar-refractivity contribution in [2.45, 2.75) is 25.4 Å². The van der Waals surface area contributed by atoms with E-state index in [2.05, 4.69) is 0 Å². The van der Waals surface area contributed by atoms with Gasteiger partial charge in [0.1, 0.15) is 18.5 Å². The smallest absolute Gasteiger partial charge is 0.416 e. The van der Waals surface area contributed by atoms with Gasteiger partial charge in [-0.3, -0.25) is 5.41 Å². The molecule has 1 aromatic heterocycles. The van der Waals surface area contributed by atoms with Crippen LogP contribution in [-0.4, -0.2) is 27.0 Å². The van der Waals surface area contributed by atoms with Crippen molar-refractivity contribution in [3.8, 4) is 5.75 Å². The molecule has 1 unspecified atom stereocenters. The molecule has 2 N–H and O–H groups in total. The lowest BCUT2D eigenvalue weighted by molar-refractivity contribution is -0.137. The number of hydrogen-bond acceptors (Lipinski definition) is 3. The van der Waals surface area contributed by atoms with Gasteiger partial charge in [0, 0.05) is 0 Å². The van der Waals surface area contributed by atoms with Crippen LogP contribution in [0.15, 0.2) is 78.9 Å². The monoisotopic (exact) mass is 441 g/mol. The summed E-state index contributed by atoms with van der Waals surface area (Å²) in [5.41, 5.74) is 2.22. The van der Waals surface area contributed by atoms with Crippen molar-refractivity contribution in [2.24, 2.45) is 0 Å². The molecule has 0 bridgehead atoms. The molecule has 166 valence electrons. The van der Waals surface area contributed by atoms with Crippen molar-refractivity contribution >= 4 is 11.0 Å². The maximum absolute atomic E-state index is 12.7. The first-order valence-corrected chi connectivity index (χ1v) is 10.1. The largest absolute Gasteiger partial charge is 0.491 e. The zero-order valence-electron chi connectivity index (χ0n) is 17.1. The molecule has 0 radical (unpaired) electrons. The van der Waals surface area contributed by atoms with Gasteiger partial charge in [0.05, 0.1) is 29.7 Å². The molecule has 0 saturated carbocycles. The fourth-order valence-corrected chi connectivity index (χ4v) is 3.60. The Balaban J connectivity index is 1.50. The van der Waals surface area contributed by atoms with Gasteiger partial charge in [-0.15, -0.1) is 0 Å². The third-order valence-electron chi connectivity index (χ3n) is 5.18. The molecule has 0 aliphatic carbocycles. The predicted octanol–water partition coefficient (Wildman–Crippen LogP) is 4.43. The Bertz CT molecular complexity index is 1250. The Kier molecular flexibility index (Phi) is 6.05. The van der Waals surface area contributed by atoms with E-state index < -0.39 is 17.8 Å². The van der Waals surface area contributed by atoms with E-state index in [-0.39, 0.29) is 24.5 Å². The second-order valence-corrected chi connectivity index (χ2v) is 7.48. The first-order chi connectivity index (χ1) is 15.3. The minimum absolute atomic E-state index is 0.113. The summed E-state index contributed by atoms with van der Waals surface area (Å²) in [6, 6.07) is 21.7. The quantitative estimate of drug-likeness (QED) is 0.446. The van der Waals surface area contributed by atoms with Crippen LogP contribution in [0.1, 0.15) is 11.1 Å². The number of ether oxygens (including phenoxy) is 1. The molecule has 0 saturated heterocycles. The van der Waals surface area contributed by atoms with Gasteiger partial charge in [0.25, 0.3) is 0 Å². The summed E-state index contributed by atoms with van der Waals surface area (Å²) in [6.07, 6.45) is -5.37. The van der Waals surface area contributed by atoms with Crippen LogP contribution in [-0.2, 0) is 19.3 Å². The molecule has 4 rings (SSSR count). The summed E-state index contributed by atoms with van der Waals surface area (Å²) < 4.78 is 47.1. The minimum Gasteiger partial charge on any atom is -0.491 e. The van der Waals surface area contributed by atoms with Crippen molar-refractivity contribution in [1.82, 2.24) is 9.13 Å². The van der Waals surface area contributed by atoms with Gasteiger partial charge in [-0.2, -0.15) is 13.2 Å². The number of imidazole rings is 1. The topological polar surface area (TPSA) is 63.2 Å². The Labute approximate surface area is 182 Å². The molecule has 32 heavy (non-hydrogen) atoms. The molecular formula is C24H22F3N3O2. The van der Waals surface area contributed by atoms with Crippen molar-refractivity contribution in [1.29, 1.82) is 5.41 Å². The first kappa shape index (κ1) is 21.7. The van der Waals surface area contributed by atoms with E-state index in [0.717, 1.165) is 28.7 Å². The second-order valence-electron chi connectivity index (χ2n) is 7.48. The van der Waals surface area contributed by atoms with Crippen LogP contribution in [0.5, 0.6) is 5.75 Å². The van der Waals surface area contributed by atoms with Crippen LogP contribution < -0.4 is 10.4 Å². The Morgan fingerprint density at radius 2 is 1.44 bits per heavy atom. The lowest BCUT2D eigenvalue weighted by Crippen LogP contribution is -2.31. The number of nitrogens with one attached hydrogen (secondary N) is 1. The minimum atomic E-state index is -4.41. The number of para-hydroxylation sites is 2. The highest BCUT2D eigenvalue weighted by Crippen LogP contribution is 2.30. The molecule has 5 nitrogen and oxygen atoms in total. The van der Waals surface area contributed by atoms with Gasteiger partial charge in [-0.25, -0.2) is 0 Å². The molecule has 4 aromatic rings. The van der Waals surface area contributed by atoms with E-state index in [0.29, 0.717) is 6.54 Å². The number of rotatable bonds is 7. The Morgan fingerprint density at radius 3 is 2.06 bits per heavy atom. The molecule has 0 amide bonds. The number of aliphatic hydroxyl groups excluding tert-OH is 1. The van der Waals surface area contributed by atoms with Crippen molar-refractivity contribution in [2.75, 3.05) is 6.61 Å². The molecule has 0 spiro atoms. The van der Waals surface area contributed by atoms with Crippen molar-refractivity contribution < 1.29 is 23.0 Å². The normalized spacial score (nSPS) is 12.8. The highest BCUT2D eigenvalue weighted by molar-refractivity contribution is 5.76.